The van der Waals surface area contributed by atoms with E-state index >= 15 is 0 Å². The molecule has 154 valence electrons. The van der Waals surface area contributed by atoms with Gasteiger partial charge in [0, 0.05) is 36.2 Å². The molecule has 1 aliphatic heterocycles. The van der Waals surface area contributed by atoms with E-state index in [4.69, 9.17) is 4.74 Å². The molecular weight excluding hydrogens is 384 g/mol. The Balaban J connectivity index is 1.31. The third-order valence-corrected chi connectivity index (χ3v) is 6.03. The Morgan fingerprint density at radius 1 is 1.07 bits per heavy atom. The third-order valence-electron chi connectivity index (χ3n) is 5.01. The van der Waals surface area contributed by atoms with E-state index in [1.54, 1.807) is 16.7 Å². The summed E-state index contributed by atoms with van der Waals surface area (Å²) in [6, 6.07) is 17.7. The molecule has 1 N–H and O–H groups in total. The summed E-state index contributed by atoms with van der Waals surface area (Å²) in [6.07, 6.45) is 1.40. The average molecular weight is 413 g/mol. The van der Waals surface area contributed by atoms with Crippen LogP contribution in [0.2, 0.25) is 0 Å². The number of likely N-dealkylation sites (tertiary alicyclic amines) is 1. The summed E-state index contributed by atoms with van der Waals surface area (Å²) in [6.45, 7) is 3.97. The minimum atomic E-state index is -0.0257. The van der Waals surface area contributed by atoms with E-state index in [0.717, 1.165) is 5.75 Å². The lowest BCUT2D eigenvalue weighted by molar-refractivity contribution is -0.137. The van der Waals surface area contributed by atoms with Crippen molar-refractivity contribution in [2.75, 3.05) is 32.0 Å². The maximum absolute atomic E-state index is 12.4. The number of nitrogens with zero attached hydrogens (tertiary/aromatic N) is 1. The number of hydrogen-bond acceptors (Lipinski definition) is 4. The highest BCUT2D eigenvalue weighted by molar-refractivity contribution is 7.99. The second-order valence-electron chi connectivity index (χ2n) is 7.21. The molecule has 3 rings (SSSR count). The molecule has 2 aromatic carbocycles. The molecule has 5 nitrogen and oxygen atoms in total. The van der Waals surface area contributed by atoms with Crippen molar-refractivity contribution in [3.63, 3.8) is 0 Å². The molecule has 6 heteroatoms. The maximum Gasteiger partial charge on any atom is 0.260 e. The summed E-state index contributed by atoms with van der Waals surface area (Å²) in [5.41, 5.74) is 1.25. The van der Waals surface area contributed by atoms with Gasteiger partial charge in [0.1, 0.15) is 5.75 Å². The van der Waals surface area contributed by atoms with E-state index < -0.39 is 0 Å². The third kappa shape index (κ3) is 6.82. The number of ether oxygens (including phenoxy) is 1. The van der Waals surface area contributed by atoms with Gasteiger partial charge in [-0.1, -0.05) is 35.9 Å². The van der Waals surface area contributed by atoms with Crippen LogP contribution in [0.25, 0.3) is 0 Å². The maximum atomic E-state index is 12.4. The standard InChI is InChI=1S/C23H28N2O3S/c1-18-7-9-21(10-8-18)29-16-13-24-23(27)19-11-14-25(15-12-19)22(26)17-28-20-5-3-2-4-6-20/h2-10,19H,11-17H2,1H3,(H,24,27). The molecule has 0 radical (unpaired) electrons. The van der Waals surface area contributed by atoms with Gasteiger partial charge in [-0.2, -0.15) is 0 Å². The van der Waals surface area contributed by atoms with Gasteiger partial charge in [0.25, 0.3) is 5.91 Å². The second kappa shape index (κ2) is 10.9. The Morgan fingerprint density at radius 2 is 1.76 bits per heavy atom. The summed E-state index contributed by atoms with van der Waals surface area (Å²) in [5, 5.41) is 3.04. The number of thioether (sulfide) groups is 1. The van der Waals surface area contributed by atoms with Crippen LogP contribution in [0.15, 0.2) is 59.5 Å². The normalized spacial score (nSPS) is 14.4. The van der Waals surface area contributed by atoms with E-state index in [-0.39, 0.29) is 24.3 Å². The molecule has 0 spiro atoms. The summed E-state index contributed by atoms with van der Waals surface area (Å²) < 4.78 is 5.53. The van der Waals surface area contributed by atoms with Gasteiger partial charge in [-0.3, -0.25) is 9.59 Å². The molecule has 2 amide bonds. The monoisotopic (exact) mass is 412 g/mol. The van der Waals surface area contributed by atoms with Crippen molar-refractivity contribution in [1.29, 1.82) is 0 Å². The van der Waals surface area contributed by atoms with Crippen molar-refractivity contribution in [1.82, 2.24) is 10.2 Å². The van der Waals surface area contributed by atoms with Crippen molar-refractivity contribution in [3.05, 3.63) is 60.2 Å². The molecule has 0 atom stereocenters. The van der Waals surface area contributed by atoms with Gasteiger partial charge in [-0.15, -0.1) is 11.8 Å². The summed E-state index contributed by atoms with van der Waals surface area (Å²) >= 11 is 1.74. The van der Waals surface area contributed by atoms with E-state index in [2.05, 4.69) is 36.5 Å². The molecule has 1 aliphatic rings. The highest BCUT2D eigenvalue weighted by Crippen LogP contribution is 2.19. The zero-order chi connectivity index (χ0) is 20.5. The fourth-order valence-corrected chi connectivity index (χ4v) is 4.03. The molecule has 0 bridgehead atoms. The molecule has 0 unspecified atom stereocenters. The molecule has 29 heavy (non-hydrogen) atoms. The Morgan fingerprint density at radius 3 is 2.45 bits per heavy atom. The van der Waals surface area contributed by atoms with Gasteiger partial charge in [0.2, 0.25) is 5.91 Å². The minimum Gasteiger partial charge on any atom is -0.484 e. The van der Waals surface area contributed by atoms with Crippen LogP contribution in [0.5, 0.6) is 5.75 Å². The molecule has 1 fully saturated rings. The number of rotatable bonds is 8. The number of carbonyl (C=O) groups excluding carboxylic acids is 2. The van der Waals surface area contributed by atoms with Crippen LogP contribution in [-0.4, -0.2) is 48.7 Å². The predicted molar refractivity (Wildman–Crippen MR) is 116 cm³/mol. The summed E-state index contributed by atoms with van der Waals surface area (Å²) in [7, 11) is 0. The van der Waals surface area contributed by atoms with Crippen LogP contribution in [0.1, 0.15) is 18.4 Å². The first-order valence-electron chi connectivity index (χ1n) is 10.0. The van der Waals surface area contributed by atoms with Crippen molar-refractivity contribution in [2.24, 2.45) is 5.92 Å². The summed E-state index contributed by atoms with van der Waals surface area (Å²) in [4.78, 5) is 27.7. The molecule has 1 heterocycles. The molecule has 2 aromatic rings. The number of amides is 2. The highest BCUT2D eigenvalue weighted by atomic mass is 32.2. The number of carbonyl (C=O) groups is 2. The van der Waals surface area contributed by atoms with E-state index in [1.807, 2.05) is 30.3 Å². The van der Waals surface area contributed by atoms with Crippen LogP contribution >= 0.6 is 11.8 Å². The van der Waals surface area contributed by atoms with E-state index in [9.17, 15) is 9.59 Å². The number of piperidine rings is 1. The lowest BCUT2D eigenvalue weighted by Gasteiger charge is -2.31. The number of benzene rings is 2. The largest absolute Gasteiger partial charge is 0.484 e. The predicted octanol–water partition coefficient (Wildman–Crippen LogP) is 3.52. The Labute approximate surface area is 176 Å². The van der Waals surface area contributed by atoms with E-state index in [1.165, 1.54) is 10.5 Å². The minimum absolute atomic E-state index is 0.0153. The van der Waals surface area contributed by atoms with Crippen LogP contribution in [0.3, 0.4) is 0 Å². The Bertz CT molecular complexity index is 788. The van der Waals surface area contributed by atoms with Gasteiger partial charge >= 0.3 is 0 Å². The van der Waals surface area contributed by atoms with Crippen LogP contribution in [0, 0.1) is 12.8 Å². The van der Waals surface area contributed by atoms with E-state index in [0.29, 0.717) is 38.2 Å². The smallest absolute Gasteiger partial charge is 0.260 e. The lowest BCUT2D eigenvalue weighted by atomic mass is 9.96. The lowest BCUT2D eigenvalue weighted by Crippen LogP contribution is -2.44. The molecular formula is C23H28N2O3S. The average Bonchev–Trinajstić information content (AvgIpc) is 2.77. The first-order chi connectivity index (χ1) is 14.1. The molecule has 1 saturated heterocycles. The van der Waals surface area contributed by atoms with Crippen LogP contribution in [0.4, 0.5) is 0 Å². The topological polar surface area (TPSA) is 58.6 Å². The van der Waals surface area contributed by atoms with Crippen molar-refractivity contribution < 1.29 is 14.3 Å². The SMILES string of the molecule is Cc1ccc(SCCNC(=O)C2CCN(C(=O)COc3ccccc3)CC2)cc1. The van der Waals surface area contributed by atoms with Gasteiger partial charge in [0.15, 0.2) is 6.61 Å². The van der Waals surface area contributed by atoms with Gasteiger partial charge in [-0.25, -0.2) is 0 Å². The Hall–Kier alpha value is -2.47. The van der Waals surface area contributed by atoms with Gasteiger partial charge in [0.05, 0.1) is 0 Å². The molecule has 0 aromatic heterocycles. The number of aryl methyl sites for hydroxylation is 1. The summed E-state index contributed by atoms with van der Waals surface area (Å²) in [5.74, 6) is 1.60. The van der Waals surface area contributed by atoms with Gasteiger partial charge in [-0.05, 0) is 44.0 Å². The first kappa shape index (κ1) is 21.2. The number of para-hydroxylation sites is 1. The zero-order valence-electron chi connectivity index (χ0n) is 16.8. The Kier molecular flexibility index (Phi) is 7.99. The van der Waals surface area contributed by atoms with Crippen molar-refractivity contribution in [3.8, 4) is 5.75 Å². The second-order valence-corrected chi connectivity index (χ2v) is 8.38. The fourth-order valence-electron chi connectivity index (χ4n) is 3.27. The zero-order valence-corrected chi connectivity index (χ0v) is 17.6. The number of nitrogens with one attached hydrogen (secondary N) is 1. The molecule has 0 saturated carbocycles. The van der Waals surface area contributed by atoms with Crippen molar-refractivity contribution >= 4 is 23.6 Å². The van der Waals surface area contributed by atoms with Gasteiger partial charge < -0.3 is 15.0 Å². The fraction of sp³-hybridized carbons (Fsp3) is 0.391. The number of hydrogen-bond donors (Lipinski definition) is 1. The van der Waals surface area contributed by atoms with Crippen LogP contribution < -0.4 is 10.1 Å². The molecule has 0 aliphatic carbocycles. The highest BCUT2D eigenvalue weighted by Gasteiger charge is 2.27. The first-order valence-corrected chi connectivity index (χ1v) is 11.0. The van der Waals surface area contributed by atoms with Crippen molar-refractivity contribution in [2.45, 2.75) is 24.7 Å². The quantitative estimate of drug-likeness (QED) is 0.532. The van der Waals surface area contributed by atoms with Crippen LogP contribution in [-0.2, 0) is 9.59 Å².